The largest absolute Gasteiger partial charge is 0.481 e. The lowest BCUT2D eigenvalue weighted by molar-refractivity contribution is -0.133. The molecule has 0 saturated heterocycles. The number of aryl methyl sites for hydroxylation is 1. The smallest absolute Gasteiger partial charge is 0.313 e. The van der Waals surface area contributed by atoms with Gasteiger partial charge in [0.1, 0.15) is 0 Å². The molecule has 2 rings (SSSR count). The zero-order valence-corrected chi connectivity index (χ0v) is 13.2. The fourth-order valence-electron chi connectivity index (χ4n) is 2.14. The quantitative estimate of drug-likeness (QED) is 0.781. The van der Waals surface area contributed by atoms with E-state index in [1.54, 1.807) is 0 Å². The molecule has 0 fully saturated rings. The van der Waals surface area contributed by atoms with E-state index in [0.717, 1.165) is 11.1 Å². The molecule has 1 N–H and O–H groups in total. The summed E-state index contributed by atoms with van der Waals surface area (Å²) in [6.45, 7) is 1.98. The zero-order valence-electron chi connectivity index (χ0n) is 12.4. The third-order valence-electron chi connectivity index (χ3n) is 3.32. The third-order valence-corrected chi connectivity index (χ3v) is 4.58. The van der Waals surface area contributed by atoms with Crippen molar-refractivity contribution < 1.29 is 14.7 Å². The number of rotatable bonds is 7. The van der Waals surface area contributed by atoms with Gasteiger partial charge in [-0.15, -0.1) is 11.8 Å². The highest BCUT2D eigenvalue weighted by molar-refractivity contribution is 8.00. The van der Waals surface area contributed by atoms with Crippen molar-refractivity contribution in [3.05, 3.63) is 71.3 Å². The lowest BCUT2D eigenvalue weighted by atomic mass is 10.0. The number of carboxylic acid groups (broad SMARTS) is 1. The maximum absolute atomic E-state index is 12.4. The van der Waals surface area contributed by atoms with E-state index in [1.807, 2.05) is 61.5 Å². The number of hydrogen-bond acceptors (Lipinski definition) is 3. The average molecular weight is 314 g/mol. The summed E-state index contributed by atoms with van der Waals surface area (Å²) in [5, 5.41) is 8.74. The van der Waals surface area contributed by atoms with E-state index in [1.165, 1.54) is 11.8 Å². The first kappa shape index (κ1) is 16.3. The molecule has 4 heteroatoms. The van der Waals surface area contributed by atoms with Crippen LogP contribution in [0.15, 0.2) is 54.6 Å². The Kier molecular flexibility index (Phi) is 5.78. The molecular formula is C18H18O3S. The normalized spacial score (nSPS) is 11.9. The summed E-state index contributed by atoms with van der Waals surface area (Å²) in [5.41, 5.74) is 2.76. The first-order valence-electron chi connectivity index (χ1n) is 7.04. The molecule has 1 unspecified atom stereocenters. The molecule has 114 valence electrons. The summed E-state index contributed by atoms with van der Waals surface area (Å²) in [7, 11) is 0. The number of aliphatic carboxylic acids is 1. The van der Waals surface area contributed by atoms with Crippen LogP contribution < -0.4 is 0 Å². The third kappa shape index (κ3) is 4.74. The number of carbonyl (C=O) groups is 2. The maximum Gasteiger partial charge on any atom is 0.313 e. The van der Waals surface area contributed by atoms with Crippen molar-refractivity contribution in [1.29, 1.82) is 0 Å². The molecule has 0 aromatic heterocycles. The highest BCUT2D eigenvalue weighted by Crippen LogP contribution is 2.33. The minimum absolute atomic E-state index is 0.0132. The molecule has 0 heterocycles. The summed E-state index contributed by atoms with van der Waals surface area (Å²) in [6.07, 6.45) is 0.297. The molecule has 0 amide bonds. The first-order chi connectivity index (χ1) is 10.6. The Hall–Kier alpha value is -2.07. The van der Waals surface area contributed by atoms with Crippen LogP contribution in [-0.2, 0) is 4.79 Å². The topological polar surface area (TPSA) is 54.4 Å². The molecule has 0 aliphatic heterocycles. The number of ketones is 1. The van der Waals surface area contributed by atoms with Gasteiger partial charge in [-0.3, -0.25) is 9.59 Å². The highest BCUT2D eigenvalue weighted by atomic mass is 32.2. The van der Waals surface area contributed by atoms with Crippen molar-refractivity contribution in [3.63, 3.8) is 0 Å². The molecule has 0 aliphatic rings. The summed E-state index contributed by atoms with van der Waals surface area (Å²) in [5.74, 6) is -0.846. The summed E-state index contributed by atoms with van der Waals surface area (Å²) in [6, 6.07) is 17.0. The summed E-state index contributed by atoms with van der Waals surface area (Å²) >= 11 is 1.29. The van der Waals surface area contributed by atoms with Crippen molar-refractivity contribution >= 4 is 23.5 Å². The van der Waals surface area contributed by atoms with Crippen LogP contribution in [0.4, 0.5) is 0 Å². The van der Waals surface area contributed by atoms with Crippen molar-refractivity contribution in [2.45, 2.75) is 18.6 Å². The minimum atomic E-state index is -0.867. The lowest BCUT2D eigenvalue weighted by Crippen LogP contribution is -2.08. The van der Waals surface area contributed by atoms with Gasteiger partial charge < -0.3 is 5.11 Å². The Labute approximate surface area is 134 Å². The molecule has 2 aromatic carbocycles. The van der Waals surface area contributed by atoms with E-state index in [0.29, 0.717) is 12.0 Å². The first-order valence-corrected chi connectivity index (χ1v) is 8.09. The van der Waals surface area contributed by atoms with E-state index in [4.69, 9.17) is 5.11 Å². The molecule has 2 aromatic rings. The van der Waals surface area contributed by atoms with E-state index < -0.39 is 5.97 Å². The number of thioether (sulfide) groups is 1. The van der Waals surface area contributed by atoms with Gasteiger partial charge in [0.2, 0.25) is 0 Å². The van der Waals surface area contributed by atoms with Gasteiger partial charge in [0.15, 0.2) is 5.78 Å². The van der Waals surface area contributed by atoms with Crippen LogP contribution in [0, 0.1) is 6.92 Å². The van der Waals surface area contributed by atoms with Gasteiger partial charge in [0, 0.05) is 17.2 Å². The molecule has 0 saturated carbocycles. The van der Waals surface area contributed by atoms with Gasteiger partial charge in [-0.2, -0.15) is 0 Å². The minimum Gasteiger partial charge on any atom is -0.481 e. The van der Waals surface area contributed by atoms with E-state index in [2.05, 4.69) is 0 Å². The van der Waals surface area contributed by atoms with E-state index in [9.17, 15) is 9.59 Å². The van der Waals surface area contributed by atoms with E-state index in [-0.39, 0.29) is 16.8 Å². The maximum atomic E-state index is 12.4. The Bertz CT molecular complexity index is 635. The number of Topliss-reactive ketones (excluding diaryl/α,β-unsaturated/α-hetero) is 1. The Morgan fingerprint density at radius 1 is 1.05 bits per heavy atom. The molecule has 22 heavy (non-hydrogen) atoms. The van der Waals surface area contributed by atoms with Gasteiger partial charge >= 0.3 is 5.97 Å². The van der Waals surface area contributed by atoms with Crippen LogP contribution >= 0.6 is 11.8 Å². The predicted molar refractivity (Wildman–Crippen MR) is 89.4 cm³/mol. The van der Waals surface area contributed by atoms with Crippen molar-refractivity contribution in [2.75, 3.05) is 5.75 Å². The molecule has 0 spiro atoms. The number of hydrogen-bond donors (Lipinski definition) is 1. The molecule has 0 radical (unpaired) electrons. The zero-order chi connectivity index (χ0) is 15.9. The Morgan fingerprint density at radius 3 is 2.27 bits per heavy atom. The molecule has 0 aliphatic carbocycles. The number of benzene rings is 2. The standard InChI is InChI=1S/C18H18O3S/c1-13-7-9-14(10-8-13)16(19)11-17(22-12-18(20)21)15-5-3-2-4-6-15/h2-10,17H,11-12H2,1H3,(H,20,21). The second-order valence-corrected chi connectivity index (χ2v) is 6.29. The predicted octanol–water partition coefficient (Wildman–Crippen LogP) is 4.13. The van der Waals surface area contributed by atoms with Gasteiger partial charge in [0.25, 0.3) is 0 Å². The second kappa shape index (κ2) is 7.80. The number of carboxylic acids is 1. The highest BCUT2D eigenvalue weighted by Gasteiger charge is 2.18. The van der Waals surface area contributed by atoms with Crippen LogP contribution in [0.1, 0.15) is 33.2 Å². The van der Waals surface area contributed by atoms with E-state index >= 15 is 0 Å². The van der Waals surface area contributed by atoms with Gasteiger partial charge in [0.05, 0.1) is 5.75 Å². The summed E-state index contributed by atoms with van der Waals surface area (Å²) < 4.78 is 0. The molecular weight excluding hydrogens is 296 g/mol. The number of carbonyl (C=O) groups excluding carboxylic acids is 1. The fraction of sp³-hybridized carbons (Fsp3) is 0.222. The van der Waals surface area contributed by atoms with Crippen LogP contribution in [0.3, 0.4) is 0 Å². The molecule has 3 nitrogen and oxygen atoms in total. The van der Waals surface area contributed by atoms with Gasteiger partial charge in [-0.25, -0.2) is 0 Å². The van der Waals surface area contributed by atoms with Crippen LogP contribution in [-0.4, -0.2) is 22.6 Å². The molecule has 1 atom stereocenters. The SMILES string of the molecule is Cc1ccc(C(=O)CC(SCC(=O)O)c2ccccc2)cc1. The van der Waals surface area contributed by atoms with Crippen molar-refractivity contribution in [3.8, 4) is 0 Å². The lowest BCUT2D eigenvalue weighted by Gasteiger charge is -2.15. The summed E-state index contributed by atoms with van der Waals surface area (Å²) in [4.78, 5) is 23.2. The van der Waals surface area contributed by atoms with Crippen molar-refractivity contribution in [2.24, 2.45) is 0 Å². The fourth-order valence-corrected chi connectivity index (χ4v) is 3.10. The second-order valence-electron chi connectivity index (χ2n) is 5.10. The Morgan fingerprint density at radius 2 is 1.68 bits per heavy atom. The van der Waals surface area contributed by atoms with Gasteiger partial charge in [-0.05, 0) is 12.5 Å². The Balaban J connectivity index is 2.13. The molecule has 0 bridgehead atoms. The monoisotopic (exact) mass is 314 g/mol. The van der Waals surface area contributed by atoms with Crippen LogP contribution in [0.5, 0.6) is 0 Å². The van der Waals surface area contributed by atoms with Gasteiger partial charge in [-0.1, -0.05) is 60.2 Å². The van der Waals surface area contributed by atoms with Crippen LogP contribution in [0.25, 0.3) is 0 Å². The average Bonchev–Trinajstić information content (AvgIpc) is 2.52. The van der Waals surface area contributed by atoms with Crippen molar-refractivity contribution in [1.82, 2.24) is 0 Å². The van der Waals surface area contributed by atoms with Crippen LogP contribution in [0.2, 0.25) is 0 Å².